The fraction of sp³-hybridized carbons (Fsp3) is 0.875. The minimum absolute atomic E-state index is 0.264. The molecule has 0 aliphatic heterocycles. The van der Waals surface area contributed by atoms with Crippen molar-refractivity contribution in [2.24, 2.45) is 11.7 Å². The number of hydrogen-bond acceptors (Lipinski definition) is 2. The summed E-state index contributed by atoms with van der Waals surface area (Å²) < 4.78 is 5.36. The Bertz CT molecular complexity index is 132. The zero-order valence-corrected chi connectivity index (χ0v) is 6.81. The van der Waals surface area contributed by atoms with Gasteiger partial charge in [0.1, 0.15) is 0 Å². The zero-order valence-electron chi connectivity index (χ0n) is 6.81. The van der Waals surface area contributed by atoms with Gasteiger partial charge in [0.25, 0.3) is 0 Å². The monoisotopic (exact) mass is 156 g/mol. The van der Waals surface area contributed by atoms with Crippen LogP contribution in [0.1, 0.15) is 25.7 Å². The molecular formula is C8H16N2O. The Kier molecular flexibility index (Phi) is 3.36. The molecule has 1 saturated carbocycles. The van der Waals surface area contributed by atoms with Crippen LogP contribution in [0.4, 0.5) is 0 Å². The van der Waals surface area contributed by atoms with Gasteiger partial charge in [-0.1, -0.05) is 0 Å². The SMILES string of the molecule is N=C(N)CCCOCC1CC1. The Hall–Kier alpha value is -0.570. The molecule has 0 aromatic heterocycles. The zero-order chi connectivity index (χ0) is 8.10. The Morgan fingerprint density at radius 1 is 1.55 bits per heavy atom. The van der Waals surface area contributed by atoms with E-state index in [9.17, 15) is 0 Å². The Labute approximate surface area is 67.4 Å². The summed E-state index contributed by atoms with van der Waals surface area (Å²) in [6.07, 6.45) is 4.24. The summed E-state index contributed by atoms with van der Waals surface area (Å²) in [5.74, 6) is 1.10. The van der Waals surface area contributed by atoms with Crippen molar-refractivity contribution in [3.8, 4) is 0 Å². The maximum Gasteiger partial charge on any atom is 0.0906 e. The predicted molar refractivity (Wildman–Crippen MR) is 44.7 cm³/mol. The summed E-state index contributed by atoms with van der Waals surface area (Å²) in [7, 11) is 0. The van der Waals surface area contributed by atoms with Gasteiger partial charge in [-0.15, -0.1) is 0 Å². The third kappa shape index (κ3) is 4.79. The standard InChI is InChI=1S/C8H16N2O/c9-8(10)2-1-5-11-6-7-3-4-7/h7H,1-6H2,(H3,9,10). The molecule has 0 spiro atoms. The van der Waals surface area contributed by atoms with Crippen molar-refractivity contribution in [3.05, 3.63) is 0 Å². The van der Waals surface area contributed by atoms with Crippen LogP contribution in [-0.4, -0.2) is 19.0 Å². The molecule has 0 bridgehead atoms. The number of ether oxygens (including phenoxy) is 1. The van der Waals surface area contributed by atoms with E-state index >= 15 is 0 Å². The van der Waals surface area contributed by atoms with Gasteiger partial charge in [-0.2, -0.15) is 0 Å². The first kappa shape index (κ1) is 8.53. The molecule has 0 saturated heterocycles. The summed E-state index contributed by atoms with van der Waals surface area (Å²) in [6.45, 7) is 1.67. The maximum absolute atomic E-state index is 6.95. The van der Waals surface area contributed by atoms with Crippen molar-refractivity contribution in [3.63, 3.8) is 0 Å². The summed E-state index contributed by atoms with van der Waals surface area (Å²) in [5, 5.41) is 6.95. The molecule has 1 rings (SSSR count). The lowest BCUT2D eigenvalue weighted by atomic mass is 10.3. The predicted octanol–water partition coefficient (Wildman–Crippen LogP) is 1.13. The lowest BCUT2D eigenvalue weighted by molar-refractivity contribution is 0.123. The Balaban J connectivity index is 1.76. The van der Waals surface area contributed by atoms with E-state index in [0.29, 0.717) is 6.42 Å². The molecule has 0 unspecified atom stereocenters. The molecule has 3 N–H and O–H groups in total. The smallest absolute Gasteiger partial charge is 0.0906 e. The van der Waals surface area contributed by atoms with Gasteiger partial charge in [-0.25, -0.2) is 0 Å². The summed E-state index contributed by atoms with van der Waals surface area (Å²) in [6, 6.07) is 0. The fourth-order valence-corrected chi connectivity index (χ4v) is 0.899. The number of nitrogens with two attached hydrogens (primary N) is 1. The molecule has 1 aliphatic carbocycles. The Morgan fingerprint density at radius 3 is 2.82 bits per heavy atom. The van der Waals surface area contributed by atoms with E-state index in [1.807, 2.05) is 0 Å². The highest BCUT2D eigenvalue weighted by Crippen LogP contribution is 2.28. The summed E-state index contributed by atoms with van der Waals surface area (Å²) in [4.78, 5) is 0. The van der Waals surface area contributed by atoms with Crippen LogP contribution in [0.5, 0.6) is 0 Å². The first-order valence-corrected chi connectivity index (χ1v) is 4.19. The van der Waals surface area contributed by atoms with E-state index in [4.69, 9.17) is 15.9 Å². The second-order valence-electron chi connectivity index (χ2n) is 3.15. The average Bonchev–Trinajstić information content (AvgIpc) is 2.70. The first-order valence-electron chi connectivity index (χ1n) is 4.19. The van der Waals surface area contributed by atoms with Crippen LogP contribution in [0.3, 0.4) is 0 Å². The van der Waals surface area contributed by atoms with Gasteiger partial charge >= 0.3 is 0 Å². The van der Waals surface area contributed by atoms with Gasteiger partial charge in [0.2, 0.25) is 0 Å². The summed E-state index contributed by atoms with van der Waals surface area (Å²) in [5.41, 5.74) is 5.17. The van der Waals surface area contributed by atoms with E-state index in [1.54, 1.807) is 0 Å². The van der Waals surface area contributed by atoms with Crippen LogP contribution < -0.4 is 5.73 Å². The first-order chi connectivity index (χ1) is 5.29. The van der Waals surface area contributed by atoms with Crippen LogP contribution in [0.15, 0.2) is 0 Å². The molecule has 0 radical (unpaired) electrons. The van der Waals surface area contributed by atoms with E-state index in [2.05, 4.69) is 0 Å². The number of amidine groups is 1. The Morgan fingerprint density at radius 2 is 2.27 bits per heavy atom. The van der Waals surface area contributed by atoms with E-state index in [1.165, 1.54) is 12.8 Å². The molecule has 0 amide bonds. The molecule has 3 heteroatoms. The van der Waals surface area contributed by atoms with Gasteiger partial charge in [0, 0.05) is 19.6 Å². The number of nitrogens with one attached hydrogen (secondary N) is 1. The van der Waals surface area contributed by atoms with Crippen LogP contribution in [0.25, 0.3) is 0 Å². The van der Waals surface area contributed by atoms with Crippen LogP contribution in [0, 0.1) is 11.3 Å². The molecule has 11 heavy (non-hydrogen) atoms. The van der Waals surface area contributed by atoms with Gasteiger partial charge in [-0.05, 0) is 25.2 Å². The fourth-order valence-electron chi connectivity index (χ4n) is 0.899. The van der Waals surface area contributed by atoms with Crippen molar-refractivity contribution in [2.45, 2.75) is 25.7 Å². The van der Waals surface area contributed by atoms with Gasteiger partial charge in [-0.3, -0.25) is 5.41 Å². The van der Waals surface area contributed by atoms with E-state index < -0.39 is 0 Å². The molecule has 3 nitrogen and oxygen atoms in total. The average molecular weight is 156 g/mol. The number of hydrogen-bond donors (Lipinski definition) is 2. The normalized spacial score (nSPS) is 16.7. The van der Waals surface area contributed by atoms with Gasteiger partial charge in [0.15, 0.2) is 0 Å². The van der Waals surface area contributed by atoms with E-state index in [-0.39, 0.29) is 5.84 Å². The topological polar surface area (TPSA) is 59.1 Å². The highest BCUT2D eigenvalue weighted by atomic mass is 16.5. The maximum atomic E-state index is 6.95. The summed E-state index contributed by atoms with van der Waals surface area (Å²) >= 11 is 0. The second-order valence-corrected chi connectivity index (χ2v) is 3.15. The van der Waals surface area contributed by atoms with Crippen molar-refractivity contribution in [1.82, 2.24) is 0 Å². The van der Waals surface area contributed by atoms with Crippen molar-refractivity contribution < 1.29 is 4.74 Å². The minimum Gasteiger partial charge on any atom is -0.388 e. The molecule has 64 valence electrons. The molecule has 1 fully saturated rings. The lowest BCUT2D eigenvalue weighted by Gasteiger charge is -2.01. The molecule has 1 aliphatic rings. The van der Waals surface area contributed by atoms with E-state index in [0.717, 1.165) is 25.6 Å². The minimum atomic E-state index is 0.264. The molecular weight excluding hydrogens is 140 g/mol. The van der Waals surface area contributed by atoms with Crippen LogP contribution >= 0.6 is 0 Å². The quantitative estimate of drug-likeness (QED) is 0.344. The molecule has 0 aromatic carbocycles. The second kappa shape index (κ2) is 4.34. The third-order valence-electron chi connectivity index (χ3n) is 1.79. The molecule has 0 atom stereocenters. The van der Waals surface area contributed by atoms with Crippen molar-refractivity contribution >= 4 is 5.84 Å². The largest absolute Gasteiger partial charge is 0.388 e. The van der Waals surface area contributed by atoms with Gasteiger partial charge < -0.3 is 10.5 Å². The van der Waals surface area contributed by atoms with Gasteiger partial charge in [0.05, 0.1) is 5.84 Å². The highest BCUT2D eigenvalue weighted by Gasteiger charge is 2.20. The molecule has 0 aromatic rings. The van der Waals surface area contributed by atoms with Crippen molar-refractivity contribution in [2.75, 3.05) is 13.2 Å². The highest BCUT2D eigenvalue weighted by molar-refractivity contribution is 5.76. The van der Waals surface area contributed by atoms with Crippen molar-refractivity contribution in [1.29, 1.82) is 5.41 Å². The molecule has 0 heterocycles. The van der Waals surface area contributed by atoms with Crippen LogP contribution in [0.2, 0.25) is 0 Å². The third-order valence-corrected chi connectivity index (χ3v) is 1.79. The number of rotatable bonds is 6. The lowest BCUT2D eigenvalue weighted by Crippen LogP contribution is -2.10. The van der Waals surface area contributed by atoms with Crippen LogP contribution in [-0.2, 0) is 4.74 Å².